The van der Waals surface area contributed by atoms with Crippen LogP contribution in [-0.4, -0.2) is 17.3 Å². The lowest BCUT2D eigenvalue weighted by molar-refractivity contribution is 0.408. The Morgan fingerprint density at radius 3 is 2.44 bits per heavy atom. The van der Waals surface area contributed by atoms with Gasteiger partial charge in [0.1, 0.15) is 5.82 Å². The highest BCUT2D eigenvalue weighted by molar-refractivity contribution is 8.00. The van der Waals surface area contributed by atoms with Crippen LogP contribution in [0.2, 0.25) is 0 Å². The summed E-state index contributed by atoms with van der Waals surface area (Å²) < 4.78 is 13.2. The molecule has 0 bridgehead atoms. The van der Waals surface area contributed by atoms with Crippen LogP contribution in [0.3, 0.4) is 0 Å². The summed E-state index contributed by atoms with van der Waals surface area (Å²) in [5, 5.41) is 3.97. The van der Waals surface area contributed by atoms with Gasteiger partial charge < -0.3 is 5.32 Å². The molecule has 1 N–H and O–H groups in total. The minimum absolute atomic E-state index is 0.121. The Balaban J connectivity index is 2.63. The number of nitrogens with one attached hydrogen (secondary N) is 1. The third-order valence-electron chi connectivity index (χ3n) is 2.66. The molecule has 0 heterocycles. The van der Waals surface area contributed by atoms with Crippen LogP contribution in [0.15, 0.2) is 29.2 Å². The SMILES string of the molecule is CC(C)C(CNC(C)(C)C)Sc1cccc(F)c1. The topological polar surface area (TPSA) is 12.0 Å². The second-order valence-electron chi connectivity index (χ2n) is 5.99. The summed E-state index contributed by atoms with van der Waals surface area (Å²) in [6.45, 7) is 11.8. The molecule has 1 nitrogen and oxygen atoms in total. The monoisotopic (exact) mass is 269 g/mol. The van der Waals surface area contributed by atoms with Crippen molar-refractivity contribution in [2.75, 3.05) is 6.54 Å². The van der Waals surface area contributed by atoms with E-state index in [1.54, 1.807) is 23.9 Å². The summed E-state index contributed by atoms with van der Waals surface area (Å²) in [5.41, 5.74) is 0.121. The molecule has 0 saturated heterocycles. The minimum Gasteiger partial charge on any atom is -0.311 e. The van der Waals surface area contributed by atoms with E-state index in [4.69, 9.17) is 0 Å². The molecular weight excluding hydrogens is 245 g/mol. The summed E-state index contributed by atoms with van der Waals surface area (Å²) in [6, 6.07) is 6.84. The molecular formula is C15H24FNS. The van der Waals surface area contributed by atoms with E-state index < -0.39 is 0 Å². The quantitative estimate of drug-likeness (QED) is 0.798. The van der Waals surface area contributed by atoms with Crippen molar-refractivity contribution in [3.8, 4) is 0 Å². The summed E-state index contributed by atoms with van der Waals surface area (Å²) >= 11 is 1.75. The van der Waals surface area contributed by atoms with Gasteiger partial charge in [-0.3, -0.25) is 0 Å². The van der Waals surface area contributed by atoms with E-state index in [1.165, 1.54) is 6.07 Å². The zero-order valence-corrected chi connectivity index (χ0v) is 12.8. The van der Waals surface area contributed by atoms with Crippen molar-refractivity contribution in [3.63, 3.8) is 0 Å². The first-order chi connectivity index (χ1) is 8.28. The highest BCUT2D eigenvalue weighted by Gasteiger charge is 2.18. The lowest BCUT2D eigenvalue weighted by Crippen LogP contribution is -2.41. The number of hydrogen-bond donors (Lipinski definition) is 1. The molecule has 1 atom stereocenters. The molecule has 1 aromatic carbocycles. The van der Waals surface area contributed by atoms with E-state index in [1.807, 2.05) is 6.07 Å². The van der Waals surface area contributed by atoms with Gasteiger partial charge in [0, 0.05) is 22.2 Å². The first-order valence-corrected chi connectivity index (χ1v) is 7.33. The second kappa shape index (κ2) is 6.58. The average molecular weight is 269 g/mol. The maximum absolute atomic E-state index is 13.2. The van der Waals surface area contributed by atoms with E-state index in [0.29, 0.717) is 11.2 Å². The van der Waals surface area contributed by atoms with E-state index in [9.17, 15) is 4.39 Å². The Bertz CT molecular complexity index is 371. The highest BCUT2D eigenvalue weighted by atomic mass is 32.2. The average Bonchev–Trinajstić information content (AvgIpc) is 2.22. The smallest absolute Gasteiger partial charge is 0.124 e. The van der Waals surface area contributed by atoms with Gasteiger partial charge >= 0.3 is 0 Å². The van der Waals surface area contributed by atoms with Gasteiger partial charge in [-0.15, -0.1) is 11.8 Å². The molecule has 0 fully saturated rings. The van der Waals surface area contributed by atoms with Crippen molar-refractivity contribution in [3.05, 3.63) is 30.1 Å². The van der Waals surface area contributed by atoms with Gasteiger partial charge in [-0.1, -0.05) is 19.9 Å². The van der Waals surface area contributed by atoms with Gasteiger partial charge in [0.05, 0.1) is 0 Å². The van der Waals surface area contributed by atoms with Crippen LogP contribution >= 0.6 is 11.8 Å². The summed E-state index contributed by atoms with van der Waals surface area (Å²) in [7, 11) is 0. The van der Waals surface area contributed by atoms with Crippen LogP contribution < -0.4 is 5.32 Å². The zero-order chi connectivity index (χ0) is 13.8. The molecule has 0 radical (unpaired) electrons. The summed E-state index contributed by atoms with van der Waals surface area (Å²) in [5.74, 6) is 0.388. The first kappa shape index (κ1) is 15.5. The predicted molar refractivity (Wildman–Crippen MR) is 78.6 cm³/mol. The molecule has 0 aliphatic rings. The molecule has 1 aromatic rings. The van der Waals surface area contributed by atoms with E-state index >= 15 is 0 Å². The van der Waals surface area contributed by atoms with Gasteiger partial charge in [0.25, 0.3) is 0 Å². The van der Waals surface area contributed by atoms with Crippen LogP contribution in [0.25, 0.3) is 0 Å². The van der Waals surface area contributed by atoms with Crippen LogP contribution in [0, 0.1) is 11.7 Å². The van der Waals surface area contributed by atoms with Crippen LogP contribution in [0.1, 0.15) is 34.6 Å². The lowest BCUT2D eigenvalue weighted by atomic mass is 10.1. The standard InChI is InChI=1S/C15H24FNS/c1-11(2)14(10-17-15(3,4)5)18-13-8-6-7-12(16)9-13/h6-9,11,14,17H,10H2,1-5H3. The molecule has 102 valence electrons. The molecule has 0 amide bonds. The van der Waals surface area contributed by atoms with Gasteiger partial charge in [0.2, 0.25) is 0 Å². The number of hydrogen-bond acceptors (Lipinski definition) is 2. The highest BCUT2D eigenvalue weighted by Crippen LogP contribution is 2.28. The van der Waals surface area contributed by atoms with Gasteiger partial charge in [-0.05, 0) is 44.9 Å². The normalized spacial score (nSPS) is 13.9. The predicted octanol–water partition coefficient (Wildman–Crippen LogP) is 4.33. The maximum atomic E-state index is 13.2. The number of thioether (sulfide) groups is 1. The Hall–Kier alpha value is -0.540. The fourth-order valence-electron chi connectivity index (χ4n) is 1.54. The van der Waals surface area contributed by atoms with Crippen molar-refractivity contribution in [1.29, 1.82) is 0 Å². The van der Waals surface area contributed by atoms with E-state index in [0.717, 1.165) is 11.4 Å². The largest absolute Gasteiger partial charge is 0.311 e. The third-order valence-corrected chi connectivity index (χ3v) is 4.20. The molecule has 18 heavy (non-hydrogen) atoms. The summed E-state index contributed by atoms with van der Waals surface area (Å²) in [4.78, 5) is 1.00. The molecule has 0 aromatic heterocycles. The number of benzene rings is 1. The zero-order valence-electron chi connectivity index (χ0n) is 12.0. The fourth-order valence-corrected chi connectivity index (χ4v) is 2.66. The van der Waals surface area contributed by atoms with Gasteiger partial charge in [-0.25, -0.2) is 4.39 Å². The molecule has 1 unspecified atom stereocenters. The van der Waals surface area contributed by atoms with Crippen molar-refractivity contribution < 1.29 is 4.39 Å². The van der Waals surface area contributed by atoms with Crippen molar-refractivity contribution in [2.45, 2.75) is 50.3 Å². The fraction of sp³-hybridized carbons (Fsp3) is 0.600. The maximum Gasteiger partial charge on any atom is 0.124 e. The van der Waals surface area contributed by atoms with E-state index in [2.05, 4.69) is 39.9 Å². The van der Waals surface area contributed by atoms with Gasteiger partial charge in [-0.2, -0.15) is 0 Å². The molecule has 0 saturated carbocycles. The van der Waals surface area contributed by atoms with Crippen LogP contribution in [0.4, 0.5) is 4.39 Å². The molecule has 0 aliphatic heterocycles. The molecule has 0 spiro atoms. The Morgan fingerprint density at radius 2 is 1.94 bits per heavy atom. The second-order valence-corrected chi connectivity index (χ2v) is 7.30. The molecule has 3 heteroatoms. The van der Waals surface area contributed by atoms with Gasteiger partial charge in [0.15, 0.2) is 0 Å². The van der Waals surface area contributed by atoms with Crippen LogP contribution in [0.5, 0.6) is 0 Å². The number of halogens is 1. The Labute approximate surface area is 115 Å². The number of rotatable bonds is 5. The van der Waals surface area contributed by atoms with Crippen molar-refractivity contribution in [2.24, 2.45) is 5.92 Å². The van der Waals surface area contributed by atoms with Crippen molar-refractivity contribution in [1.82, 2.24) is 5.32 Å². The molecule has 1 rings (SSSR count). The summed E-state index contributed by atoms with van der Waals surface area (Å²) in [6.07, 6.45) is 0. The Kier molecular flexibility index (Phi) is 5.67. The minimum atomic E-state index is -0.161. The molecule has 0 aliphatic carbocycles. The third kappa shape index (κ3) is 5.87. The lowest BCUT2D eigenvalue weighted by Gasteiger charge is -2.27. The van der Waals surface area contributed by atoms with Crippen molar-refractivity contribution >= 4 is 11.8 Å². The van der Waals surface area contributed by atoms with E-state index in [-0.39, 0.29) is 11.4 Å². The first-order valence-electron chi connectivity index (χ1n) is 6.45. The Morgan fingerprint density at radius 1 is 1.28 bits per heavy atom. The van der Waals surface area contributed by atoms with Crippen LogP contribution in [-0.2, 0) is 0 Å².